The highest BCUT2D eigenvalue weighted by molar-refractivity contribution is 14.0. The van der Waals surface area contributed by atoms with Gasteiger partial charge in [-0.25, -0.2) is 0 Å². The third-order valence-electron chi connectivity index (χ3n) is 3.70. The van der Waals surface area contributed by atoms with E-state index in [0.29, 0.717) is 19.4 Å². The zero-order valence-electron chi connectivity index (χ0n) is 10.8. The average Bonchev–Trinajstić information content (AvgIpc) is 2.37. The van der Waals surface area contributed by atoms with Crippen LogP contribution >= 0.6 is 24.0 Å². The minimum atomic E-state index is -4.03. The fourth-order valence-corrected chi connectivity index (χ4v) is 2.67. The molecule has 0 aromatic heterocycles. The second-order valence-corrected chi connectivity index (χ2v) is 5.16. The molecule has 2 rings (SSSR count). The number of alkyl halides is 3. The molecule has 1 aliphatic heterocycles. The maximum atomic E-state index is 12.7. The number of rotatable bonds is 2. The van der Waals surface area contributed by atoms with Gasteiger partial charge in [0, 0.05) is 19.6 Å². The molecule has 1 fully saturated rings. The van der Waals surface area contributed by atoms with Crippen molar-refractivity contribution in [2.45, 2.75) is 38.3 Å². The first kappa shape index (κ1) is 16.8. The van der Waals surface area contributed by atoms with Crippen LogP contribution in [0, 0.1) is 11.8 Å². The normalized spacial score (nSPS) is 27.8. The van der Waals surface area contributed by atoms with E-state index in [1.807, 2.05) is 0 Å². The van der Waals surface area contributed by atoms with Crippen LogP contribution in [0.5, 0.6) is 0 Å². The highest BCUT2D eigenvalue weighted by Crippen LogP contribution is 2.39. The summed E-state index contributed by atoms with van der Waals surface area (Å²) in [6.45, 7) is 2.28. The second-order valence-electron chi connectivity index (χ2n) is 5.16. The van der Waals surface area contributed by atoms with Crippen LogP contribution in [-0.4, -0.2) is 31.8 Å². The predicted molar refractivity (Wildman–Crippen MR) is 79.8 cm³/mol. The molecule has 0 amide bonds. The van der Waals surface area contributed by atoms with Gasteiger partial charge in [-0.1, -0.05) is 6.42 Å². The fraction of sp³-hybridized carbons (Fsp3) is 0.917. The van der Waals surface area contributed by atoms with Gasteiger partial charge in [-0.05, 0) is 31.6 Å². The molecule has 7 heteroatoms. The van der Waals surface area contributed by atoms with Crippen LogP contribution in [0.15, 0.2) is 4.99 Å². The quantitative estimate of drug-likeness (QED) is 0.711. The lowest BCUT2D eigenvalue weighted by Crippen LogP contribution is -2.43. The Kier molecular flexibility index (Phi) is 6.68. The lowest BCUT2D eigenvalue weighted by molar-refractivity contribution is -0.185. The summed E-state index contributed by atoms with van der Waals surface area (Å²) in [7, 11) is 0. The van der Waals surface area contributed by atoms with Crippen molar-refractivity contribution in [2.75, 3.05) is 19.6 Å². The van der Waals surface area contributed by atoms with Gasteiger partial charge < -0.3 is 10.6 Å². The van der Waals surface area contributed by atoms with Gasteiger partial charge in [-0.15, -0.1) is 24.0 Å². The summed E-state index contributed by atoms with van der Waals surface area (Å²) in [6.07, 6.45) is -0.906. The second kappa shape index (κ2) is 7.54. The van der Waals surface area contributed by atoms with Crippen LogP contribution in [0.2, 0.25) is 0 Å². The number of guanidine groups is 1. The molecule has 0 bridgehead atoms. The van der Waals surface area contributed by atoms with Gasteiger partial charge in [0.15, 0.2) is 5.96 Å². The van der Waals surface area contributed by atoms with E-state index in [-0.39, 0.29) is 36.3 Å². The van der Waals surface area contributed by atoms with Crippen molar-refractivity contribution in [3.63, 3.8) is 0 Å². The van der Waals surface area contributed by atoms with Crippen LogP contribution < -0.4 is 10.6 Å². The molecule has 0 saturated heterocycles. The van der Waals surface area contributed by atoms with E-state index in [0.717, 1.165) is 31.9 Å². The lowest BCUT2D eigenvalue weighted by atomic mass is 9.81. The molecular weight excluding hydrogens is 370 g/mol. The molecule has 3 nitrogen and oxygen atoms in total. The van der Waals surface area contributed by atoms with Crippen LogP contribution in [0.25, 0.3) is 0 Å². The Labute approximate surface area is 128 Å². The molecule has 112 valence electrons. The standard InChI is InChI=1S/C12H20F3N3.HI/c13-12(14,15)10-4-1-3-9(7-10)8-18-11-16-5-2-6-17-11;/h9-10H,1-8H2,(H2,16,17,18);1H. The Hall–Kier alpha value is -0.210. The molecule has 0 aromatic carbocycles. The average molecular weight is 391 g/mol. The summed E-state index contributed by atoms with van der Waals surface area (Å²) in [5, 5.41) is 6.25. The zero-order chi connectivity index (χ0) is 13.0. The Bertz CT molecular complexity index is 307. The number of nitrogens with zero attached hydrogens (tertiary/aromatic N) is 1. The van der Waals surface area contributed by atoms with E-state index in [4.69, 9.17) is 0 Å². The SMILES string of the molecule is FC(F)(F)C1CCCC(CNC2=NCCCN2)C1.I. The summed E-state index contributed by atoms with van der Waals surface area (Å²) < 4.78 is 38.0. The van der Waals surface area contributed by atoms with Crippen LogP contribution in [0.1, 0.15) is 32.1 Å². The van der Waals surface area contributed by atoms with Gasteiger partial charge in [0.1, 0.15) is 0 Å². The molecule has 19 heavy (non-hydrogen) atoms. The van der Waals surface area contributed by atoms with Crippen molar-refractivity contribution in [1.82, 2.24) is 10.6 Å². The first-order chi connectivity index (χ1) is 8.55. The van der Waals surface area contributed by atoms with E-state index < -0.39 is 12.1 Å². The molecule has 2 unspecified atom stereocenters. The van der Waals surface area contributed by atoms with Crippen LogP contribution in [-0.2, 0) is 0 Å². The van der Waals surface area contributed by atoms with Gasteiger partial charge in [0.25, 0.3) is 0 Å². The number of halogens is 4. The van der Waals surface area contributed by atoms with E-state index in [2.05, 4.69) is 15.6 Å². The Morgan fingerprint density at radius 1 is 1.26 bits per heavy atom. The third-order valence-corrected chi connectivity index (χ3v) is 3.70. The summed E-state index contributed by atoms with van der Waals surface area (Å²) >= 11 is 0. The molecule has 2 N–H and O–H groups in total. The van der Waals surface area contributed by atoms with Gasteiger partial charge in [-0.3, -0.25) is 4.99 Å². The van der Waals surface area contributed by atoms with Gasteiger partial charge >= 0.3 is 6.18 Å². The number of aliphatic imine (C=N–C) groups is 1. The zero-order valence-corrected chi connectivity index (χ0v) is 13.1. The van der Waals surface area contributed by atoms with Gasteiger partial charge in [-0.2, -0.15) is 13.2 Å². The molecule has 2 aliphatic rings. The summed E-state index contributed by atoms with van der Waals surface area (Å²) in [6, 6.07) is 0. The van der Waals surface area contributed by atoms with Crippen LogP contribution in [0.3, 0.4) is 0 Å². The van der Waals surface area contributed by atoms with Crippen LogP contribution in [0.4, 0.5) is 13.2 Å². The third kappa shape index (κ3) is 5.35. The fourth-order valence-electron chi connectivity index (χ4n) is 2.67. The molecule has 0 aromatic rings. The Balaban J connectivity index is 0.00000180. The predicted octanol–water partition coefficient (Wildman–Crippen LogP) is 2.91. The number of nitrogens with one attached hydrogen (secondary N) is 2. The number of hydrogen-bond donors (Lipinski definition) is 2. The minimum Gasteiger partial charge on any atom is -0.356 e. The van der Waals surface area contributed by atoms with Gasteiger partial charge in [0.05, 0.1) is 5.92 Å². The number of hydrogen-bond acceptors (Lipinski definition) is 3. The van der Waals surface area contributed by atoms with Gasteiger partial charge in [0.2, 0.25) is 0 Å². The van der Waals surface area contributed by atoms with Crippen molar-refractivity contribution in [3.8, 4) is 0 Å². The van der Waals surface area contributed by atoms with E-state index in [1.165, 1.54) is 0 Å². The molecule has 0 radical (unpaired) electrons. The van der Waals surface area contributed by atoms with E-state index in [9.17, 15) is 13.2 Å². The maximum Gasteiger partial charge on any atom is 0.391 e. The minimum absolute atomic E-state index is 0. The summed E-state index contributed by atoms with van der Waals surface area (Å²) in [5.74, 6) is -0.258. The molecular formula is C12H21F3IN3. The Morgan fingerprint density at radius 3 is 2.68 bits per heavy atom. The lowest BCUT2D eigenvalue weighted by Gasteiger charge is -2.31. The molecule has 1 aliphatic carbocycles. The maximum absolute atomic E-state index is 12.7. The van der Waals surface area contributed by atoms with Crippen molar-refractivity contribution in [3.05, 3.63) is 0 Å². The Morgan fingerprint density at radius 2 is 2.05 bits per heavy atom. The molecule has 0 spiro atoms. The topological polar surface area (TPSA) is 36.4 Å². The first-order valence-electron chi connectivity index (χ1n) is 6.64. The molecule has 1 heterocycles. The monoisotopic (exact) mass is 391 g/mol. The summed E-state index contributed by atoms with van der Waals surface area (Å²) in [4.78, 5) is 4.25. The summed E-state index contributed by atoms with van der Waals surface area (Å²) in [5.41, 5.74) is 0. The molecule has 2 atom stereocenters. The largest absolute Gasteiger partial charge is 0.391 e. The molecule has 1 saturated carbocycles. The van der Waals surface area contributed by atoms with Crippen molar-refractivity contribution < 1.29 is 13.2 Å². The smallest absolute Gasteiger partial charge is 0.356 e. The van der Waals surface area contributed by atoms with E-state index in [1.54, 1.807) is 0 Å². The first-order valence-corrected chi connectivity index (χ1v) is 6.64. The highest BCUT2D eigenvalue weighted by Gasteiger charge is 2.41. The van der Waals surface area contributed by atoms with Crippen molar-refractivity contribution in [1.29, 1.82) is 0 Å². The van der Waals surface area contributed by atoms with E-state index >= 15 is 0 Å². The highest BCUT2D eigenvalue weighted by atomic mass is 127. The van der Waals surface area contributed by atoms with Crippen molar-refractivity contribution in [2.24, 2.45) is 16.8 Å². The van der Waals surface area contributed by atoms with Crippen molar-refractivity contribution >= 4 is 29.9 Å².